The van der Waals surface area contributed by atoms with Crippen molar-refractivity contribution in [2.45, 2.75) is 59.2 Å². The number of ketones is 1. The van der Waals surface area contributed by atoms with Crippen molar-refractivity contribution in [2.75, 3.05) is 6.54 Å². The fourth-order valence-electron chi connectivity index (χ4n) is 3.49. The lowest BCUT2D eigenvalue weighted by molar-refractivity contribution is -0.137. The first kappa shape index (κ1) is 28.5. The van der Waals surface area contributed by atoms with Crippen molar-refractivity contribution in [3.8, 4) is 0 Å². The molecule has 0 radical (unpaired) electrons. The van der Waals surface area contributed by atoms with E-state index in [2.05, 4.69) is 29.1 Å². The summed E-state index contributed by atoms with van der Waals surface area (Å²) in [7, 11) is 0. The number of nitrogens with zero attached hydrogens (tertiary/aromatic N) is 2. The number of alkyl halides is 3. The van der Waals surface area contributed by atoms with Gasteiger partial charge in [-0.05, 0) is 62.6 Å². The molecule has 0 aliphatic heterocycles. The Morgan fingerprint density at radius 1 is 1.20 bits per heavy atom. The van der Waals surface area contributed by atoms with Crippen LogP contribution in [0.25, 0.3) is 5.70 Å². The molecule has 35 heavy (non-hydrogen) atoms. The van der Waals surface area contributed by atoms with Crippen molar-refractivity contribution in [2.24, 2.45) is 16.6 Å². The first-order chi connectivity index (χ1) is 16.4. The summed E-state index contributed by atoms with van der Waals surface area (Å²) in [4.78, 5) is 22.1. The first-order valence-corrected chi connectivity index (χ1v) is 11.9. The SMILES string of the molecule is CC[C@@H](C)CN[C@@H](C)C/C(CC(=O)c1cccc(C(F)(F)F)c1Cl)=C(/N=C(C)N)c1ccccn1. The van der Waals surface area contributed by atoms with Crippen LogP contribution in [0.2, 0.25) is 5.02 Å². The molecule has 0 bridgehead atoms. The van der Waals surface area contributed by atoms with E-state index in [1.165, 1.54) is 12.1 Å². The van der Waals surface area contributed by atoms with Crippen LogP contribution in [0.15, 0.2) is 53.2 Å². The minimum absolute atomic E-state index is 0.0317. The van der Waals surface area contributed by atoms with E-state index in [1.807, 2.05) is 6.92 Å². The van der Waals surface area contributed by atoms with Crippen LogP contribution < -0.4 is 11.1 Å². The molecule has 3 N–H and O–H groups in total. The Labute approximate surface area is 209 Å². The van der Waals surface area contributed by atoms with E-state index in [0.29, 0.717) is 29.3 Å². The molecular weight excluding hydrogens is 477 g/mol. The second kappa shape index (κ2) is 12.8. The number of hydrogen-bond acceptors (Lipinski definition) is 4. The molecule has 9 heteroatoms. The van der Waals surface area contributed by atoms with Crippen molar-refractivity contribution >= 4 is 28.9 Å². The normalized spacial score (nSPS) is 14.9. The number of amidine groups is 1. The number of halogens is 4. The minimum Gasteiger partial charge on any atom is -0.387 e. The fraction of sp³-hybridized carbons (Fsp3) is 0.423. The molecule has 0 unspecified atom stereocenters. The minimum atomic E-state index is -4.67. The van der Waals surface area contributed by atoms with Gasteiger partial charge in [-0.15, -0.1) is 0 Å². The summed E-state index contributed by atoms with van der Waals surface area (Å²) in [6.07, 6.45) is -1.81. The first-order valence-electron chi connectivity index (χ1n) is 11.5. The van der Waals surface area contributed by atoms with Crippen molar-refractivity contribution in [3.05, 3.63) is 70.0 Å². The molecule has 0 saturated heterocycles. The Hall–Kier alpha value is -2.71. The largest absolute Gasteiger partial charge is 0.417 e. The number of nitrogens with one attached hydrogen (secondary N) is 1. The van der Waals surface area contributed by atoms with Gasteiger partial charge in [-0.25, -0.2) is 4.99 Å². The molecule has 0 aliphatic carbocycles. The van der Waals surface area contributed by atoms with Gasteiger partial charge in [-0.1, -0.05) is 44.0 Å². The lowest BCUT2D eigenvalue weighted by Crippen LogP contribution is -2.31. The molecule has 0 saturated carbocycles. The van der Waals surface area contributed by atoms with Crippen LogP contribution in [-0.4, -0.2) is 29.2 Å². The zero-order valence-electron chi connectivity index (χ0n) is 20.4. The summed E-state index contributed by atoms with van der Waals surface area (Å²) in [6.45, 7) is 8.64. The number of pyridine rings is 1. The third-order valence-corrected chi connectivity index (χ3v) is 5.98. The maximum absolute atomic E-state index is 13.3. The van der Waals surface area contributed by atoms with Gasteiger partial charge in [-0.3, -0.25) is 9.78 Å². The number of benzene rings is 1. The van der Waals surface area contributed by atoms with E-state index >= 15 is 0 Å². The Morgan fingerprint density at radius 3 is 2.49 bits per heavy atom. The quantitative estimate of drug-likeness (QED) is 0.205. The fourth-order valence-corrected chi connectivity index (χ4v) is 3.83. The van der Waals surface area contributed by atoms with E-state index in [-0.39, 0.29) is 23.9 Å². The van der Waals surface area contributed by atoms with Gasteiger partial charge < -0.3 is 11.1 Å². The van der Waals surface area contributed by atoms with Crippen molar-refractivity contribution < 1.29 is 18.0 Å². The Balaban J connectivity index is 2.52. The van der Waals surface area contributed by atoms with Gasteiger partial charge >= 0.3 is 6.18 Å². The summed E-state index contributed by atoms with van der Waals surface area (Å²) >= 11 is 6.03. The summed E-state index contributed by atoms with van der Waals surface area (Å²) in [5.41, 5.74) is 6.22. The van der Waals surface area contributed by atoms with Gasteiger partial charge in [0, 0.05) is 24.2 Å². The van der Waals surface area contributed by atoms with Crippen LogP contribution in [0.3, 0.4) is 0 Å². The highest BCUT2D eigenvalue weighted by Crippen LogP contribution is 2.37. The Bertz CT molecular complexity index is 1060. The van der Waals surface area contributed by atoms with Crippen LogP contribution in [-0.2, 0) is 6.18 Å². The van der Waals surface area contributed by atoms with Crippen molar-refractivity contribution in [1.82, 2.24) is 10.3 Å². The molecule has 5 nitrogen and oxygen atoms in total. The van der Waals surface area contributed by atoms with E-state index in [9.17, 15) is 18.0 Å². The number of carbonyl (C=O) groups excluding carboxylic acids is 1. The molecular formula is C26H32ClF3N4O. The van der Waals surface area contributed by atoms with Gasteiger partial charge in [0.25, 0.3) is 0 Å². The van der Waals surface area contributed by atoms with E-state index in [1.54, 1.807) is 31.3 Å². The summed E-state index contributed by atoms with van der Waals surface area (Å²) in [5.74, 6) is 0.200. The number of nitrogens with two attached hydrogens (primary N) is 1. The average Bonchev–Trinajstić information content (AvgIpc) is 2.80. The van der Waals surface area contributed by atoms with E-state index in [4.69, 9.17) is 17.3 Å². The molecule has 1 heterocycles. The maximum atomic E-state index is 13.3. The molecule has 0 spiro atoms. The topological polar surface area (TPSA) is 80.4 Å². The third-order valence-electron chi connectivity index (χ3n) is 5.57. The highest BCUT2D eigenvalue weighted by atomic mass is 35.5. The Kier molecular flexibility index (Phi) is 10.5. The van der Waals surface area contributed by atoms with Gasteiger partial charge in [0.05, 0.1) is 27.8 Å². The predicted molar refractivity (Wildman–Crippen MR) is 135 cm³/mol. The maximum Gasteiger partial charge on any atom is 0.417 e. The predicted octanol–water partition coefficient (Wildman–Crippen LogP) is 6.53. The molecule has 0 aliphatic rings. The number of hydrogen-bond donors (Lipinski definition) is 2. The summed E-state index contributed by atoms with van der Waals surface area (Å²) in [6, 6.07) is 8.61. The lowest BCUT2D eigenvalue weighted by Gasteiger charge is -2.20. The molecule has 0 fully saturated rings. The standard InChI is InChI=1S/C26H32ClF3N4O/c1-5-16(2)15-33-17(3)13-19(25(34-18(4)31)22-11-6-7-12-32-22)14-23(35)20-9-8-10-21(24(20)27)26(28,29)30/h6-12,16-17,33H,5,13-15H2,1-4H3,(H2,31,34)/b25-19-/t16-,17+/m1/s1. The average molecular weight is 509 g/mol. The van der Waals surface area contributed by atoms with Gasteiger partial charge in [0.15, 0.2) is 5.78 Å². The van der Waals surface area contributed by atoms with Gasteiger partial charge in [0.1, 0.15) is 0 Å². The highest BCUT2D eigenvalue weighted by molar-refractivity contribution is 6.34. The molecule has 190 valence electrons. The molecule has 2 rings (SSSR count). The third kappa shape index (κ3) is 8.47. The number of aliphatic imine (C=N–C) groups is 1. The van der Waals surface area contributed by atoms with Crippen molar-refractivity contribution in [1.29, 1.82) is 0 Å². The molecule has 1 aromatic heterocycles. The lowest BCUT2D eigenvalue weighted by atomic mass is 9.94. The molecule has 0 amide bonds. The number of carbonyl (C=O) groups is 1. The van der Waals surface area contributed by atoms with Crippen LogP contribution in [0.5, 0.6) is 0 Å². The van der Waals surface area contributed by atoms with Crippen LogP contribution in [0.4, 0.5) is 13.2 Å². The summed E-state index contributed by atoms with van der Waals surface area (Å²) < 4.78 is 40.0. The smallest absolute Gasteiger partial charge is 0.387 e. The molecule has 2 atom stereocenters. The summed E-state index contributed by atoms with van der Waals surface area (Å²) in [5, 5.41) is 2.85. The number of Topliss-reactive ketones (excluding diaryl/α,β-unsaturated/α-hetero) is 1. The number of rotatable bonds is 11. The number of aromatic nitrogens is 1. The van der Waals surface area contributed by atoms with Crippen LogP contribution >= 0.6 is 11.6 Å². The zero-order valence-corrected chi connectivity index (χ0v) is 21.2. The second-order valence-electron chi connectivity index (χ2n) is 8.71. The monoisotopic (exact) mass is 508 g/mol. The van der Waals surface area contributed by atoms with Gasteiger partial charge in [0.2, 0.25) is 0 Å². The van der Waals surface area contributed by atoms with E-state index < -0.39 is 22.5 Å². The molecule has 2 aromatic rings. The zero-order chi connectivity index (χ0) is 26.2. The highest BCUT2D eigenvalue weighted by Gasteiger charge is 2.34. The Morgan fingerprint density at radius 2 is 1.91 bits per heavy atom. The van der Waals surface area contributed by atoms with Crippen LogP contribution in [0, 0.1) is 5.92 Å². The second-order valence-corrected chi connectivity index (χ2v) is 9.09. The van der Waals surface area contributed by atoms with Crippen LogP contribution in [0.1, 0.15) is 68.6 Å². The molecule has 1 aromatic carbocycles. The van der Waals surface area contributed by atoms with Crippen molar-refractivity contribution in [3.63, 3.8) is 0 Å². The van der Waals surface area contributed by atoms with E-state index in [0.717, 1.165) is 19.0 Å². The van der Waals surface area contributed by atoms with Gasteiger partial charge in [-0.2, -0.15) is 13.2 Å².